The van der Waals surface area contributed by atoms with E-state index in [1.165, 1.54) is 5.56 Å². The Labute approximate surface area is 184 Å². The first kappa shape index (κ1) is 21.1. The fourth-order valence-electron chi connectivity index (χ4n) is 4.29. The molecule has 0 radical (unpaired) electrons. The summed E-state index contributed by atoms with van der Waals surface area (Å²) in [7, 11) is 1.70. The molecule has 1 N–H and O–H groups in total. The number of hydrogen-bond acceptors (Lipinski definition) is 3. The Hall–Kier alpha value is -3.11. The zero-order valence-corrected chi connectivity index (χ0v) is 18.0. The summed E-state index contributed by atoms with van der Waals surface area (Å²) in [6.45, 7) is 2.75. The first-order chi connectivity index (χ1) is 15.2. The van der Waals surface area contributed by atoms with Gasteiger partial charge in [0.25, 0.3) is 0 Å². The number of likely N-dealkylation sites (tertiary alicyclic amines) is 1. The minimum Gasteiger partial charge on any atom is -0.497 e. The van der Waals surface area contributed by atoms with E-state index in [2.05, 4.69) is 46.6 Å². The Morgan fingerprint density at radius 3 is 2.13 bits per heavy atom. The lowest BCUT2D eigenvalue weighted by Gasteiger charge is -2.32. The summed E-state index contributed by atoms with van der Waals surface area (Å²) in [6.07, 6.45) is 1.76. The smallest absolute Gasteiger partial charge is 0.223 e. The summed E-state index contributed by atoms with van der Waals surface area (Å²) in [6, 6.07) is 28.5. The van der Waals surface area contributed by atoms with Crippen molar-refractivity contribution in [2.45, 2.75) is 25.4 Å². The molecule has 4 rings (SSSR count). The third-order valence-corrected chi connectivity index (χ3v) is 6.05. The monoisotopic (exact) mass is 414 g/mol. The molecule has 1 heterocycles. The van der Waals surface area contributed by atoms with Gasteiger partial charge in [0, 0.05) is 12.5 Å². The van der Waals surface area contributed by atoms with Gasteiger partial charge in [0.1, 0.15) is 5.75 Å². The van der Waals surface area contributed by atoms with Gasteiger partial charge in [-0.3, -0.25) is 9.69 Å². The third kappa shape index (κ3) is 5.53. The van der Waals surface area contributed by atoms with Crippen LogP contribution in [0.3, 0.4) is 0 Å². The van der Waals surface area contributed by atoms with Crippen LogP contribution in [0.2, 0.25) is 0 Å². The van der Waals surface area contributed by atoms with Gasteiger partial charge >= 0.3 is 0 Å². The number of carbonyl (C=O) groups is 1. The van der Waals surface area contributed by atoms with Crippen LogP contribution >= 0.6 is 0 Å². The molecule has 0 unspecified atom stereocenters. The molecule has 0 bridgehead atoms. The molecule has 4 nitrogen and oxygen atoms in total. The lowest BCUT2D eigenvalue weighted by molar-refractivity contribution is -0.127. The predicted octanol–water partition coefficient (Wildman–Crippen LogP) is 4.81. The number of nitrogens with zero attached hydrogens (tertiary/aromatic N) is 1. The first-order valence-electron chi connectivity index (χ1n) is 11.0. The van der Waals surface area contributed by atoms with Gasteiger partial charge in [-0.05, 0) is 54.8 Å². The minimum absolute atomic E-state index is 0.0523. The number of benzene rings is 3. The van der Waals surface area contributed by atoms with Crippen molar-refractivity contribution in [3.63, 3.8) is 0 Å². The van der Waals surface area contributed by atoms with E-state index >= 15 is 0 Å². The molecule has 1 amide bonds. The molecular formula is C27H30N2O2. The predicted molar refractivity (Wildman–Crippen MR) is 124 cm³/mol. The summed E-state index contributed by atoms with van der Waals surface area (Å²) in [5.41, 5.74) is 3.46. The van der Waals surface area contributed by atoms with Crippen molar-refractivity contribution in [3.05, 3.63) is 102 Å². The number of carbonyl (C=O) groups excluding carboxylic acids is 1. The van der Waals surface area contributed by atoms with Crippen LogP contribution in [0.4, 0.5) is 0 Å². The Morgan fingerprint density at radius 2 is 1.55 bits per heavy atom. The fourth-order valence-corrected chi connectivity index (χ4v) is 4.29. The molecule has 0 aromatic heterocycles. The molecule has 1 saturated heterocycles. The summed E-state index contributed by atoms with van der Waals surface area (Å²) < 4.78 is 5.33. The third-order valence-electron chi connectivity index (χ3n) is 6.05. The van der Waals surface area contributed by atoms with E-state index in [0.29, 0.717) is 0 Å². The van der Waals surface area contributed by atoms with Crippen molar-refractivity contribution < 1.29 is 9.53 Å². The Bertz CT molecular complexity index is 927. The van der Waals surface area contributed by atoms with Crippen molar-refractivity contribution >= 4 is 5.91 Å². The number of piperidine rings is 1. The first-order valence-corrected chi connectivity index (χ1v) is 11.0. The highest BCUT2D eigenvalue weighted by molar-refractivity contribution is 5.79. The van der Waals surface area contributed by atoms with Crippen molar-refractivity contribution in [2.24, 2.45) is 5.92 Å². The zero-order chi connectivity index (χ0) is 21.5. The van der Waals surface area contributed by atoms with E-state index in [1.54, 1.807) is 7.11 Å². The highest BCUT2D eigenvalue weighted by Gasteiger charge is 2.27. The average Bonchev–Trinajstić information content (AvgIpc) is 2.84. The number of hydrogen-bond donors (Lipinski definition) is 1. The van der Waals surface area contributed by atoms with Gasteiger partial charge in [0.2, 0.25) is 5.91 Å². The number of ether oxygens (including phenoxy) is 1. The molecule has 3 aromatic carbocycles. The minimum atomic E-state index is -0.121. The maximum Gasteiger partial charge on any atom is 0.223 e. The topological polar surface area (TPSA) is 41.6 Å². The molecular weight excluding hydrogens is 384 g/mol. The van der Waals surface area contributed by atoms with Crippen molar-refractivity contribution in [2.75, 3.05) is 20.2 Å². The van der Waals surface area contributed by atoms with Crippen molar-refractivity contribution in [1.29, 1.82) is 0 Å². The lowest BCUT2D eigenvalue weighted by atomic mass is 9.93. The van der Waals surface area contributed by atoms with Crippen LogP contribution in [0.5, 0.6) is 5.75 Å². The normalized spacial score (nSPS) is 15.0. The maximum absolute atomic E-state index is 13.2. The van der Waals surface area contributed by atoms with Gasteiger partial charge in [-0.25, -0.2) is 0 Å². The highest BCUT2D eigenvalue weighted by Crippen LogP contribution is 2.25. The summed E-state index contributed by atoms with van der Waals surface area (Å²) in [5, 5.41) is 3.32. The SMILES string of the molecule is COc1cccc(CN2CCC(C(=O)NC(c3ccccc3)c3ccccc3)CC2)c1. The van der Waals surface area contributed by atoms with Gasteiger partial charge in [0.15, 0.2) is 0 Å². The van der Waals surface area contributed by atoms with Gasteiger partial charge in [-0.15, -0.1) is 0 Å². The van der Waals surface area contributed by atoms with Crippen molar-refractivity contribution in [1.82, 2.24) is 10.2 Å². The summed E-state index contributed by atoms with van der Waals surface area (Å²) in [5.74, 6) is 1.09. The Kier molecular flexibility index (Phi) is 7.00. The number of rotatable bonds is 7. The van der Waals surface area contributed by atoms with Crippen LogP contribution < -0.4 is 10.1 Å². The van der Waals surface area contributed by atoms with E-state index < -0.39 is 0 Å². The summed E-state index contributed by atoms with van der Waals surface area (Å²) >= 11 is 0. The van der Waals surface area contributed by atoms with Gasteiger partial charge in [-0.1, -0.05) is 72.8 Å². The van der Waals surface area contributed by atoms with E-state index in [9.17, 15) is 4.79 Å². The van der Waals surface area contributed by atoms with Crippen LogP contribution in [0.15, 0.2) is 84.9 Å². The molecule has 31 heavy (non-hydrogen) atoms. The zero-order valence-electron chi connectivity index (χ0n) is 18.0. The number of amides is 1. The molecule has 4 heteroatoms. The van der Waals surface area contributed by atoms with Crippen LogP contribution in [0.1, 0.15) is 35.6 Å². The van der Waals surface area contributed by atoms with Crippen LogP contribution in [0, 0.1) is 5.92 Å². The van der Waals surface area contributed by atoms with Gasteiger partial charge in [-0.2, -0.15) is 0 Å². The highest BCUT2D eigenvalue weighted by atomic mass is 16.5. The molecule has 3 aromatic rings. The Morgan fingerprint density at radius 1 is 0.935 bits per heavy atom. The van der Waals surface area contributed by atoms with Gasteiger partial charge in [0.05, 0.1) is 13.2 Å². The molecule has 160 valence electrons. The van der Waals surface area contributed by atoms with E-state index in [1.807, 2.05) is 48.5 Å². The molecule has 1 fully saturated rings. The molecule has 0 atom stereocenters. The molecule has 1 aliphatic rings. The quantitative estimate of drug-likeness (QED) is 0.603. The Balaban J connectivity index is 1.37. The van der Waals surface area contributed by atoms with Crippen LogP contribution in [-0.2, 0) is 11.3 Å². The average molecular weight is 415 g/mol. The van der Waals surface area contributed by atoms with E-state index in [4.69, 9.17) is 4.74 Å². The second-order valence-corrected chi connectivity index (χ2v) is 8.16. The molecule has 1 aliphatic heterocycles. The van der Waals surface area contributed by atoms with Crippen LogP contribution in [0.25, 0.3) is 0 Å². The van der Waals surface area contributed by atoms with E-state index in [-0.39, 0.29) is 17.9 Å². The molecule has 0 aliphatic carbocycles. The lowest BCUT2D eigenvalue weighted by Crippen LogP contribution is -2.41. The standard InChI is InChI=1S/C27H30N2O2/c1-31-25-14-8-9-21(19-25)20-29-17-15-24(16-18-29)27(30)28-26(22-10-4-2-5-11-22)23-12-6-3-7-13-23/h2-14,19,24,26H,15-18,20H2,1H3,(H,28,30). The van der Waals surface area contributed by atoms with Crippen LogP contribution in [-0.4, -0.2) is 31.0 Å². The fraction of sp³-hybridized carbons (Fsp3) is 0.296. The van der Waals surface area contributed by atoms with Crippen molar-refractivity contribution in [3.8, 4) is 5.75 Å². The molecule has 0 saturated carbocycles. The maximum atomic E-state index is 13.2. The number of nitrogens with one attached hydrogen (secondary N) is 1. The van der Waals surface area contributed by atoms with E-state index in [0.717, 1.165) is 49.4 Å². The molecule has 0 spiro atoms. The summed E-state index contributed by atoms with van der Waals surface area (Å²) in [4.78, 5) is 15.6. The second-order valence-electron chi connectivity index (χ2n) is 8.16. The van der Waals surface area contributed by atoms with Gasteiger partial charge < -0.3 is 10.1 Å². The largest absolute Gasteiger partial charge is 0.497 e. The number of methoxy groups -OCH3 is 1. The second kappa shape index (κ2) is 10.3.